The third kappa shape index (κ3) is 3.69. The van der Waals surface area contributed by atoms with Crippen LogP contribution in [-0.2, 0) is 4.74 Å². The summed E-state index contributed by atoms with van der Waals surface area (Å²) in [6, 6.07) is 4.97. The molecule has 18 heavy (non-hydrogen) atoms. The number of ketones is 1. The second kappa shape index (κ2) is 6.53. The number of nitrogens with zero attached hydrogens (tertiary/aromatic N) is 1. The van der Waals surface area contributed by atoms with Crippen LogP contribution in [0.3, 0.4) is 0 Å². The normalized spacial score (nSPS) is 16.8. The molecular weight excluding hydrogens is 273 g/mol. The van der Waals surface area contributed by atoms with Crippen LogP contribution in [0, 0.1) is 0 Å². The maximum atomic E-state index is 12.1. The van der Waals surface area contributed by atoms with Crippen molar-refractivity contribution < 1.29 is 9.53 Å². The van der Waals surface area contributed by atoms with E-state index in [1.807, 2.05) is 0 Å². The van der Waals surface area contributed by atoms with E-state index < -0.39 is 0 Å². The Hall–Kier alpha value is -0.610. The molecule has 0 atom stereocenters. The smallest absolute Gasteiger partial charge is 0.165 e. The van der Waals surface area contributed by atoms with E-state index in [4.69, 9.17) is 27.9 Å². The van der Waals surface area contributed by atoms with E-state index in [1.54, 1.807) is 18.2 Å². The van der Waals surface area contributed by atoms with Gasteiger partial charge >= 0.3 is 0 Å². The molecule has 0 unspecified atom stereocenters. The summed E-state index contributed by atoms with van der Waals surface area (Å²) in [7, 11) is 0. The van der Waals surface area contributed by atoms with Gasteiger partial charge in [-0.15, -0.1) is 0 Å². The van der Waals surface area contributed by atoms with Crippen molar-refractivity contribution in [3.63, 3.8) is 0 Å². The zero-order valence-electron chi connectivity index (χ0n) is 9.99. The molecule has 0 aliphatic carbocycles. The Bertz CT molecular complexity index is 431. The van der Waals surface area contributed by atoms with Gasteiger partial charge in [-0.2, -0.15) is 0 Å². The molecule has 1 saturated heterocycles. The highest BCUT2D eigenvalue weighted by atomic mass is 35.5. The largest absolute Gasteiger partial charge is 0.379 e. The van der Waals surface area contributed by atoms with Crippen LogP contribution in [0.1, 0.15) is 16.8 Å². The molecule has 2 rings (SSSR count). The van der Waals surface area contributed by atoms with Gasteiger partial charge in [0.1, 0.15) is 0 Å². The summed E-state index contributed by atoms with van der Waals surface area (Å²) in [5.74, 6) is 0.0361. The lowest BCUT2D eigenvalue weighted by Gasteiger charge is -2.26. The lowest BCUT2D eigenvalue weighted by atomic mass is 10.1. The molecule has 3 nitrogen and oxygen atoms in total. The Kier molecular flexibility index (Phi) is 5.01. The Morgan fingerprint density at radius 3 is 2.72 bits per heavy atom. The SMILES string of the molecule is O=C(CCN1CCOCC1)c1cc(Cl)ccc1Cl. The minimum Gasteiger partial charge on any atom is -0.379 e. The molecule has 1 aromatic rings. The highest BCUT2D eigenvalue weighted by Crippen LogP contribution is 2.22. The summed E-state index contributed by atoms with van der Waals surface area (Å²) in [5, 5.41) is 1.00. The van der Waals surface area contributed by atoms with Crippen molar-refractivity contribution in [2.24, 2.45) is 0 Å². The Labute approximate surface area is 117 Å². The van der Waals surface area contributed by atoms with Gasteiger partial charge in [0.05, 0.1) is 18.2 Å². The van der Waals surface area contributed by atoms with Gasteiger partial charge in [-0.05, 0) is 18.2 Å². The van der Waals surface area contributed by atoms with Gasteiger partial charge in [0, 0.05) is 36.6 Å². The molecule has 1 aromatic carbocycles. The minimum atomic E-state index is 0.0361. The van der Waals surface area contributed by atoms with E-state index in [1.165, 1.54) is 0 Å². The summed E-state index contributed by atoms with van der Waals surface area (Å²) in [6.07, 6.45) is 0.458. The number of benzene rings is 1. The van der Waals surface area contributed by atoms with Crippen LogP contribution < -0.4 is 0 Å². The van der Waals surface area contributed by atoms with Crippen molar-refractivity contribution in [3.05, 3.63) is 33.8 Å². The van der Waals surface area contributed by atoms with E-state index in [-0.39, 0.29) is 5.78 Å². The number of carbonyl (C=O) groups is 1. The molecule has 0 spiro atoms. The average Bonchev–Trinajstić information content (AvgIpc) is 2.40. The number of carbonyl (C=O) groups excluding carboxylic acids is 1. The van der Waals surface area contributed by atoms with Crippen LogP contribution in [0.25, 0.3) is 0 Å². The topological polar surface area (TPSA) is 29.5 Å². The Morgan fingerprint density at radius 2 is 2.00 bits per heavy atom. The van der Waals surface area contributed by atoms with Crippen LogP contribution >= 0.6 is 23.2 Å². The van der Waals surface area contributed by atoms with E-state index in [2.05, 4.69) is 4.90 Å². The first-order valence-electron chi connectivity index (χ1n) is 5.95. The lowest BCUT2D eigenvalue weighted by molar-refractivity contribution is 0.0370. The summed E-state index contributed by atoms with van der Waals surface area (Å²) < 4.78 is 5.26. The van der Waals surface area contributed by atoms with Gasteiger partial charge in [-0.25, -0.2) is 0 Å². The van der Waals surface area contributed by atoms with Crippen LogP contribution in [0.2, 0.25) is 10.0 Å². The van der Waals surface area contributed by atoms with Gasteiger partial charge in [0.2, 0.25) is 0 Å². The second-order valence-corrected chi connectivity index (χ2v) is 5.09. The van der Waals surface area contributed by atoms with Crippen LogP contribution in [0.15, 0.2) is 18.2 Å². The number of hydrogen-bond acceptors (Lipinski definition) is 3. The lowest BCUT2D eigenvalue weighted by Crippen LogP contribution is -2.37. The first-order valence-corrected chi connectivity index (χ1v) is 6.71. The fourth-order valence-electron chi connectivity index (χ4n) is 1.93. The highest BCUT2D eigenvalue weighted by Gasteiger charge is 2.15. The first kappa shape index (κ1) is 13.8. The van der Waals surface area contributed by atoms with E-state index in [9.17, 15) is 4.79 Å². The monoisotopic (exact) mass is 287 g/mol. The quantitative estimate of drug-likeness (QED) is 0.798. The molecule has 1 fully saturated rings. The zero-order valence-corrected chi connectivity index (χ0v) is 11.5. The van der Waals surface area contributed by atoms with Gasteiger partial charge in [0.25, 0.3) is 0 Å². The molecule has 0 aromatic heterocycles. The molecule has 1 aliphatic rings. The van der Waals surface area contributed by atoms with E-state index in [0.29, 0.717) is 22.0 Å². The highest BCUT2D eigenvalue weighted by molar-refractivity contribution is 6.35. The van der Waals surface area contributed by atoms with Crippen molar-refractivity contribution >= 4 is 29.0 Å². The van der Waals surface area contributed by atoms with Crippen molar-refractivity contribution in [1.82, 2.24) is 4.90 Å². The van der Waals surface area contributed by atoms with Crippen molar-refractivity contribution in [2.75, 3.05) is 32.8 Å². The standard InChI is InChI=1S/C13H15Cl2NO2/c14-10-1-2-12(15)11(9-10)13(17)3-4-16-5-7-18-8-6-16/h1-2,9H,3-8H2. The second-order valence-electron chi connectivity index (χ2n) is 4.25. The van der Waals surface area contributed by atoms with E-state index >= 15 is 0 Å². The summed E-state index contributed by atoms with van der Waals surface area (Å²) in [5.41, 5.74) is 0.512. The van der Waals surface area contributed by atoms with Gasteiger partial charge in [-0.3, -0.25) is 9.69 Å². The van der Waals surface area contributed by atoms with Crippen LogP contribution in [0.4, 0.5) is 0 Å². The maximum Gasteiger partial charge on any atom is 0.165 e. The Balaban J connectivity index is 1.92. The molecule has 0 bridgehead atoms. The molecule has 1 aliphatic heterocycles. The number of halogens is 2. The number of hydrogen-bond donors (Lipinski definition) is 0. The molecule has 0 amide bonds. The summed E-state index contributed by atoms with van der Waals surface area (Å²) >= 11 is 11.9. The Morgan fingerprint density at radius 1 is 1.28 bits per heavy atom. The predicted octanol–water partition coefficient (Wildman–Crippen LogP) is 2.90. The fraction of sp³-hybridized carbons (Fsp3) is 0.462. The van der Waals surface area contributed by atoms with Crippen LogP contribution in [0.5, 0.6) is 0 Å². The number of Topliss-reactive ketones (excluding diaryl/α,β-unsaturated/α-hetero) is 1. The van der Waals surface area contributed by atoms with Gasteiger partial charge < -0.3 is 4.74 Å². The van der Waals surface area contributed by atoms with Crippen molar-refractivity contribution in [2.45, 2.75) is 6.42 Å². The van der Waals surface area contributed by atoms with E-state index in [0.717, 1.165) is 32.8 Å². The minimum absolute atomic E-state index is 0.0361. The number of rotatable bonds is 4. The fourth-order valence-corrected chi connectivity index (χ4v) is 2.33. The average molecular weight is 288 g/mol. The molecule has 1 heterocycles. The number of morpholine rings is 1. The molecule has 0 N–H and O–H groups in total. The maximum absolute atomic E-state index is 12.1. The molecule has 0 radical (unpaired) electrons. The van der Waals surface area contributed by atoms with Crippen molar-refractivity contribution in [1.29, 1.82) is 0 Å². The molecular formula is C13H15Cl2NO2. The molecule has 0 saturated carbocycles. The summed E-state index contributed by atoms with van der Waals surface area (Å²) in [6.45, 7) is 4.00. The third-order valence-corrected chi connectivity index (χ3v) is 3.55. The summed E-state index contributed by atoms with van der Waals surface area (Å²) in [4.78, 5) is 14.3. The van der Waals surface area contributed by atoms with Crippen molar-refractivity contribution in [3.8, 4) is 0 Å². The van der Waals surface area contributed by atoms with Gasteiger partial charge in [0.15, 0.2) is 5.78 Å². The third-order valence-electron chi connectivity index (χ3n) is 2.99. The zero-order chi connectivity index (χ0) is 13.0. The molecule has 5 heteroatoms. The van der Waals surface area contributed by atoms with Crippen LogP contribution in [-0.4, -0.2) is 43.5 Å². The number of ether oxygens (including phenoxy) is 1. The first-order chi connectivity index (χ1) is 8.66. The van der Waals surface area contributed by atoms with Gasteiger partial charge in [-0.1, -0.05) is 23.2 Å². The molecule has 98 valence electrons. The predicted molar refractivity (Wildman–Crippen MR) is 72.7 cm³/mol.